The average Bonchev–Trinajstić information content (AvgIpc) is 2.55. The molecule has 24 heavy (non-hydrogen) atoms. The third-order valence-electron chi connectivity index (χ3n) is 4.88. The maximum Gasteiger partial charge on any atom is 0.244 e. The van der Waals surface area contributed by atoms with E-state index in [1.165, 1.54) is 0 Å². The molecular weight excluding hydrogens is 365 g/mol. The van der Waals surface area contributed by atoms with E-state index in [-0.39, 0.29) is 10.8 Å². The van der Waals surface area contributed by atoms with Crippen LogP contribution in [0.2, 0.25) is 5.02 Å². The molecule has 3 nitrogen and oxygen atoms in total. The van der Waals surface area contributed by atoms with Crippen molar-refractivity contribution < 1.29 is 8.42 Å². The van der Waals surface area contributed by atoms with E-state index >= 15 is 0 Å². The first-order valence-electron chi connectivity index (χ1n) is 8.18. The van der Waals surface area contributed by atoms with Crippen molar-refractivity contribution in [2.24, 2.45) is 11.8 Å². The molecule has 1 aromatic rings. The first-order chi connectivity index (χ1) is 11.4. The Kier molecular flexibility index (Phi) is 5.40. The lowest BCUT2D eigenvalue weighted by atomic mass is 9.82. The fraction of sp³-hybridized carbons (Fsp3) is 0.444. The number of rotatable bonds is 3. The van der Waals surface area contributed by atoms with Crippen LogP contribution in [0, 0.1) is 18.8 Å². The van der Waals surface area contributed by atoms with Gasteiger partial charge in [-0.05, 0) is 43.7 Å². The quantitative estimate of drug-likeness (QED) is 0.704. The molecule has 130 valence electrons. The van der Waals surface area contributed by atoms with Crippen molar-refractivity contribution in [1.29, 1.82) is 0 Å². The van der Waals surface area contributed by atoms with Gasteiger partial charge in [0.05, 0.1) is 5.02 Å². The van der Waals surface area contributed by atoms with Gasteiger partial charge in [-0.25, -0.2) is 8.42 Å². The van der Waals surface area contributed by atoms with E-state index in [0.717, 1.165) is 24.3 Å². The van der Waals surface area contributed by atoms with E-state index < -0.39 is 10.0 Å². The van der Waals surface area contributed by atoms with Crippen LogP contribution in [0.5, 0.6) is 0 Å². The van der Waals surface area contributed by atoms with E-state index in [4.69, 9.17) is 23.2 Å². The zero-order chi connectivity index (χ0) is 17.3. The van der Waals surface area contributed by atoms with Gasteiger partial charge in [-0.15, -0.1) is 0 Å². The van der Waals surface area contributed by atoms with Gasteiger partial charge in [0.15, 0.2) is 0 Å². The molecule has 1 atom stereocenters. The summed E-state index contributed by atoms with van der Waals surface area (Å²) < 4.78 is 27.5. The van der Waals surface area contributed by atoms with Gasteiger partial charge in [-0.1, -0.05) is 53.6 Å². The van der Waals surface area contributed by atoms with E-state index in [1.807, 2.05) is 6.08 Å². The molecule has 6 heteroatoms. The van der Waals surface area contributed by atoms with Crippen molar-refractivity contribution in [2.45, 2.75) is 31.1 Å². The largest absolute Gasteiger partial charge is 0.244 e. The van der Waals surface area contributed by atoms with Crippen LogP contribution in [-0.4, -0.2) is 25.8 Å². The molecule has 1 heterocycles. The Balaban J connectivity index is 1.76. The topological polar surface area (TPSA) is 37.4 Å². The van der Waals surface area contributed by atoms with Crippen molar-refractivity contribution >= 4 is 33.2 Å². The second kappa shape index (κ2) is 7.20. The van der Waals surface area contributed by atoms with Gasteiger partial charge in [-0.3, -0.25) is 0 Å². The number of nitrogens with zero attached hydrogens (tertiary/aromatic N) is 1. The second-order valence-corrected chi connectivity index (χ2v) is 9.12. The normalized spacial score (nSPS) is 23.3. The molecule has 0 bridgehead atoms. The molecule has 1 aliphatic carbocycles. The Morgan fingerprint density at radius 2 is 1.88 bits per heavy atom. The van der Waals surface area contributed by atoms with Crippen molar-refractivity contribution in [2.75, 3.05) is 13.1 Å². The number of halogens is 2. The minimum Gasteiger partial charge on any atom is -0.207 e. The lowest BCUT2D eigenvalue weighted by Gasteiger charge is -2.35. The first kappa shape index (κ1) is 18.0. The predicted molar refractivity (Wildman–Crippen MR) is 98.9 cm³/mol. The smallest absolute Gasteiger partial charge is 0.207 e. The second-order valence-electron chi connectivity index (χ2n) is 6.41. The van der Waals surface area contributed by atoms with E-state index in [2.05, 4.69) is 12.2 Å². The molecule has 3 rings (SSSR count). The van der Waals surface area contributed by atoms with E-state index in [0.29, 0.717) is 29.6 Å². The minimum absolute atomic E-state index is 0.229. The third kappa shape index (κ3) is 3.43. The van der Waals surface area contributed by atoms with Crippen molar-refractivity contribution in [1.82, 2.24) is 4.31 Å². The number of piperidine rings is 1. The highest BCUT2D eigenvalue weighted by Gasteiger charge is 2.34. The maximum atomic E-state index is 13.0. The Labute approximate surface area is 154 Å². The predicted octanol–water partition coefficient (Wildman–Crippen LogP) is 4.75. The summed E-state index contributed by atoms with van der Waals surface area (Å²) in [6.45, 7) is 2.79. The highest BCUT2D eigenvalue weighted by atomic mass is 35.5. The molecule has 2 aliphatic rings. The van der Waals surface area contributed by atoms with Gasteiger partial charge in [0.25, 0.3) is 0 Å². The molecule has 0 N–H and O–H groups in total. The fourth-order valence-corrected chi connectivity index (χ4v) is 6.16. The Morgan fingerprint density at radius 1 is 1.17 bits per heavy atom. The number of benzene rings is 1. The van der Waals surface area contributed by atoms with Crippen LogP contribution >= 0.6 is 23.2 Å². The van der Waals surface area contributed by atoms with Crippen LogP contribution in [0.25, 0.3) is 0 Å². The Hall–Kier alpha value is -0.810. The van der Waals surface area contributed by atoms with Crippen LogP contribution < -0.4 is 0 Å². The van der Waals surface area contributed by atoms with E-state index in [9.17, 15) is 8.42 Å². The standard InChI is InChI=1S/C18H21Cl2NO2S/c1-13-5-4-8-17(20)18(13)24(22,23)21-11-9-14(10-12-21)15-6-2-3-7-16(15)19/h2,4-8,14-15H,3,9-12H2,1H3. The summed E-state index contributed by atoms with van der Waals surface area (Å²) in [4.78, 5) is 0.237. The molecule has 1 unspecified atom stereocenters. The van der Waals surface area contributed by atoms with Crippen LogP contribution in [0.1, 0.15) is 24.8 Å². The van der Waals surface area contributed by atoms with Gasteiger partial charge in [0.1, 0.15) is 4.90 Å². The molecule has 0 aromatic heterocycles. The molecule has 1 saturated heterocycles. The molecule has 1 fully saturated rings. The first-order valence-corrected chi connectivity index (χ1v) is 10.4. The fourth-order valence-electron chi connectivity index (χ4n) is 3.56. The van der Waals surface area contributed by atoms with Gasteiger partial charge in [0.2, 0.25) is 10.0 Å². The lowest BCUT2D eigenvalue weighted by Crippen LogP contribution is -2.40. The molecular formula is C18H21Cl2NO2S. The molecule has 0 saturated carbocycles. The number of allylic oxidation sites excluding steroid dienone is 4. The summed E-state index contributed by atoms with van der Waals surface area (Å²) >= 11 is 12.5. The summed E-state index contributed by atoms with van der Waals surface area (Å²) in [5.74, 6) is 0.622. The number of sulfonamides is 1. The summed E-state index contributed by atoms with van der Waals surface area (Å²) in [7, 11) is -3.56. The van der Waals surface area contributed by atoms with Crippen molar-refractivity contribution in [3.8, 4) is 0 Å². The third-order valence-corrected chi connectivity index (χ3v) is 7.82. The Morgan fingerprint density at radius 3 is 2.50 bits per heavy atom. The summed E-state index contributed by atoms with van der Waals surface area (Å²) in [5.41, 5.74) is 0.686. The van der Waals surface area contributed by atoms with Gasteiger partial charge in [0, 0.05) is 24.0 Å². The SMILES string of the molecule is Cc1cccc(Cl)c1S(=O)(=O)N1CCC(C2C=CCC=C2Cl)CC1. The van der Waals surface area contributed by atoms with Crippen LogP contribution in [0.15, 0.2) is 46.4 Å². The van der Waals surface area contributed by atoms with Crippen molar-refractivity contribution in [3.05, 3.63) is 52.0 Å². The molecule has 1 aromatic carbocycles. The summed E-state index contributed by atoms with van der Waals surface area (Å²) in [6.07, 6.45) is 8.84. The lowest BCUT2D eigenvalue weighted by molar-refractivity contribution is 0.248. The zero-order valence-electron chi connectivity index (χ0n) is 13.6. The van der Waals surface area contributed by atoms with Crippen molar-refractivity contribution in [3.63, 3.8) is 0 Å². The summed E-state index contributed by atoms with van der Waals surface area (Å²) in [5, 5.41) is 1.18. The van der Waals surface area contributed by atoms with Crippen LogP contribution in [0.3, 0.4) is 0 Å². The zero-order valence-corrected chi connectivity index (χ0v) is 15.9. The minimum atomic E-state index is -3.56. The highest BCUT2D eigenvalue weighted by molar-refractivity contribution is 7.89. The number of aryl methyl sites for hydroxylation is 1. The number of hydrogen-bond acceptors (Lipinski definition) is 2. The van der Waals surface area contributed by atoms with Gasteiger partial charge >= 0.3 is 0 Å². The molecule has 0 radical (unpaired) electrons. The van der Waals surface area contributed by atoms with Crippen LogP contribution in [0.4, 0.5) is 0 Å². The van der Waals surface area contributed by atoms with E-state index in [1.54, 1.807) is 29.4 Å². The van der Waals surface area contributed by atoms with Crippen LogP contribution in [-0.2, 0) is 10.0 Å². The molecule has 0 spiro atoms. The molecule has 0 amide bonds. The Bertz CT molecular complexity index is 758. The summed E-state index contributed by atoms with van der Waals surface area (Å²) in [6, 6.07) is 5.18. The van der Waals surface area contributed by atoms with Gasteiger partial charge < -0.3 is 0 Å². The monoisotopic (exact) mass is 385 g/mol. The molecule has 1 aliphatic heterocycles. The average molecular weight is 386 g/mol. The maximum absolute atomic E-state index is 13.0. The number of hydrogen-bond donors (Lipinski definition) is 0. The van der Waals surface area contributed by atoms with Gasteiger partial charge in [-0.2, -0.15) is 4.31 Å². The highest BCUT2D eigenvalue weighted by Crippen LogP contribution is 2.37.